The molecule has 3 heteroatoms. The summed E-state index contributed by atoms with van der Waals surface area (Å²) in [4.78, 5) is 2.68. The molecule has 0 amide bonds. The lowest BCUT2D eigenvalue weighted by molar-refractivity contribution is 0.0867. The zero-order valence-corrected chi connectivity index (χ0v) is 14.7. The Hall–Kier alpha value is -2.00. The maximum atomic E-state index is 9.33. The van der Waals surface area contributed by atoms with E-state index < -0.39 is 0 Å². The maximum Gasteiger partial charge on any atom is 0.119 e. The number of nitrogens with zero attached hydrogens (tertiary/aromatic N) is 1. The number of benzene rings is 2. The molecule has 2 aliphatic heterocycles. The summed E-state index contributed by atoms with van der Waals surface area (Å²) in [6.45, 7) is 1.73. The molecule has 132 valence electrons. The highest BCUT2D eigenvalue weighted by Crippen LogP contribution is 2.39. The van der Waals surface area contributed by atoms with Gasteiger partial charge in [-0.15, -0.1) is 0 Å². The number of hydrogen-bond donors (Lipinski definition) is 1. The third-order valence-corrected chi connectivity index (χ3v) is 5.80. The van der Waals surface area contributed by atoms with Crippen molar-refractivity contribution in [2.75, 3.05) is 13.2 Å². The summed E-state index contributed by atoms with van der Waals surface area (Å²) in [5.41, 5.74) is 1.48. The summed E-state index contributed by atoms with van der Waals surface area (Å²) in [7, 11) is 0. The first-order valence-corrected chi connectivity index (χ1v) is 9.49. The molecule has 2 unspecified atom stereocenters. The number of hydrogen-bond acceptors (Lipinski definition) is 3. The average molecular weight is 337 g/mol. The first-order valence-electron chi connectivity index (χ1n) is 9.49. The van der Waals surface area contributed by atoms with E-state index in [1.54, 1.807) is 12.1 Å². The minimum atomic E-state index is 0.283. The molecule has 0 aromatic heterocycles. The number of fused-ring (bicyclic) bond motifs is 2. The van der Waals surface area contributed by atoms with Crippen molar-refractivity contribution in [3.8, 4) is 11.5 Å². The van der Waals surface area contributed by atoms with E-state index in [4.69, 9.17) is 4.74 Å². The number of rotatable bonds is 6. The van der Waals surface area contributed by atoms with E-state index in [9.17, 15) is 5.11 Å². The molecule has 0 aliphatic carbocycles. The molecule has 4 rings (SSSR count). The van der Waals surface area contributed by atoms with Gasteiger partial charge in [-0.3, -0.25) is 4.90 Å². The summed E-state index contributed by atoms with van der Waals surface area (Å²) in [5, 5.41) is 9.33. The highest BCUT2D eigenvalue weighted by Gasteiger charge is 2.40. The van der Waals surface area contributed by atoms with Gasteiger partial charge in [0.1, 0.15) is 18.1 Å². The lowest BCUT2D eigenvalue weighted by Crippen LogP contribution is -2.45. The molecule has 2 atom stereocenters. The Morgan fingerprint density at radius 2 is 1.60 bits per heavy atom. The minimum absolute atomic E-state index is 0.283. The van der Waals surface area contributed by atoms with Gasteiger partial charge in [0, 0.05) is 18.6 Å². The fourth-order valence-electron chi connectivity index (χ4n) is 4.68. The Balaban J connectivity index is 1.28. The quantitative estimate of drug-likeness (QED) is 0.855. The summed E-state index contributed by atoms with van der Waals surface area (Å²) in [6, 6.07) is 19.4. The van der Waals surface area contributed by atoms with Gasteiger partial charge in [0.05, 0.1) is 0 Å². The Labute approximate surface area is 150 Å². The summed E-state index contributed by atoms with van der Waals surface area (Å²) in [6.07, 6.45) is 6.56. The van der Waals surface area contributed by atoms with E-state index >= 15 is 0 Å². The van der Waals surface area contributed by atoms with Crippen molar-refractivity contribution < 1.29 is 9.84 Å². The van der Waals surface area contributed by atoms with Crippen molar-refractivity contribution in [3.05, 3.63) is 60.2 Å². The van der Waals surface area contributed by atoms with Crippen LogP contribution in [0.5, 0.6) is 11.5 Å². The Kier molecular flexibility index (Phi) is 4.93. The number of phenolic OH excluding ortho intramolecular Hbond substituents is 1. The largest absolute Gasteiger partial charge is 0.508 e. The zero-order chi connectivity index (χ0) is 17.1. The van der Waals surface area contributed by atoms with E-state index in [-0.39, 0.29) is 5.75 Å². The number of piperidine rings is 1. The van der Waals surface area contributed by atoms with Crippen molar-refractivity contribution in [1.82, 2.24) is 4.90 Å². The lowest BCUT2D eigenvalue weighted by Gasteiger charge is -2.39. The predicted molar refractivity (Wildman–Crippen MR) is 100.0 cm³/mol. The van der Waals surface area contributed by atoms with E-state index in [0.717, 1.165) is 36.9 Å². The van der Waals surface area contributed by atoms with Crippen LogP contribution >= 0.6 is 0 Å². The predicted octanol–water partition coefficient (Wildman–Crippen LogP) is 4.26. The van der Waals surface area contributed by atoms with Gasteiger partial charge in [0.2, 0.25) is 0 Å². The average Bonchev–Trinajstić information content (AvgIpc) is 2.87. The molecule has 2 aromatic rings. The van der Waals surface area contributed by atoms with Crippen LogP contribution in [0.3, 0.4) is 0 Å². The SMILES string of the molecule is Oc1ccc(OCCN2C3CCC2CC(Cc2ccccc2)C3)cc1. The third kappa shape index (κ3) is 3.98. The van der Waals surface area contributed by atoms with Crippen LogP contribution in [0.4, 0.5) is 0 Å². The lowest BCUT2D eigenvalue weighted by atomic mass is 9.86. The van der Waals surface area contributed by atoms with Gasteiger partial charge in [0.15, 0.2) is 0 Å². The maximum absolute atomic E-state index is 9.33. The molecule has 2 saturated heterocycles. The van der Waals surface area contributed by atoms with Gasteiger partial charge in [-0.05, 0) is 67.9 Å². The molecule has 2 aromatic carbocycles. The minimum Gasteiger partial charge on any atom is -0.508 e. The Morgan fingerprint density at radius 1 is 0.920 bits per heavy atom. The molecule has 1 N–H and O–H groups in total. The van der Waals surface area contributed by atoms with Crippen LogP contribution < -0.4 is 4.74 Å². The van der Waals surface area contributed by atoms with Crippen molar-refractivity contribution in [2.45, 2.75) is 44.2 Å². The monoisotopic (exact) mass is 337 g/mol. The van der Waals surface area contributed by atoms with Gasteiger partial charge in [-0.1, -0.05) is 30.3 Å². The van der Waals surface area contributed by atoms with Gasteiger partial charge in [0.25, 0.3) is 0 Å². The molecule has 0 spiro atoms. The standard InChI is InChI=1S/C22H27NO2/c24-21-8-10-22(11-9-21)25-13-12-23-19-6-7-20(23)16-18(15-19)14-17-4-2-1-3-5-17/h1-5,8-11,18-20,24H,6-7,12-16H2. The molecule has 2 aliphatic rings. The van der Waals surface area contributed by atoms with E-state index in [0.29, 0.717) is 0 Å². The van der Waals surface area contributed by atoms with Crippen LogP contribution in [0.25, 0.3) is 0 Å². The van der Waals surface area contributed by atoms with Gasteiger partial charge >= 0.3 is 0 Å². The van der Waals surface area contributed by atoms with Crippen LogP contribution in [0.2, 0.25) is 0 Å². The molecular weight excluding hydrogens is 310 g/mol. The van der Waals surface area contributed by atoms with Crippen LogP contribution in [0.15, 0.2) is 54.6 Å². The van der Waals surface area contributed by atoms with Crippen molar-refractivity contribution >= 4 is 0 Å². The van der Waals surface area contributed by atoms with Gasteiger partial charge in [-0.25, -0.2) is 0 Å². The Bertz CT molecular complexity index is 656. The van der Waals surface area contributed by atoms with Crippen molar-refractivity contribution in [3.63, 3.8) is 0 Å². The highest BCUT2D eigenvalue weighted by atomic mass is 16.5. The molecule has 2 heterocycles. The normalized spacial score (nSPS) is 25.8. The summed E-state index contributed by atoms with van der Waals surface area (Å²) >= 11 is 0. The second kappa shape index (κ2) is 7.49. The van der Waals surface area contributed by atoms with Crippen LogP contribution in [-0.4, -0.2) is 35.2 Å². The summed E-state index contributed by atoms with van der Waals surface area (Å²) < 4.78 is 5.86. The topological polar surface area (TPSA) is 32.7 Å². The van der Waals surface area contributed by atoms with Crippen LogP contribution in [0.1, 0.15) is 31.2 Å². The van der Waals surface area contributed by atoms with E-state index in [1.165, 1.54) is 37.7 Å². The molecule has 2 fully saturated rings. The first kappa shape index (κ1) is 16.5. The van der Waals surface area contributed by atoms with Crippen molar-refractivity contribution in [1.29, 1.82) is 0 Å². The van der Waals surface area contributed by atoms with Crippen LogP contribution in [0, 0.1) is 5.92 Å². The van der Waals surface area contributed by atoms with E-state index in [1.807, 2.05) is 12.1 Å². The molecule has 0 saturated carbocycles. The Morgan fingerprint density at radius 3 is 2.28 bits per heavy atom. The molecule has 25 heavy (non-hydrogen) atoms. The second-order valence-corrected chi connectivity index (χ2v) is 7.49. The second-order valence-electron chi connectivity index (χ2n) is 7.49. The smallest absolute Gasteiger partial charge is 0.119 e. The third-order valence-electron chi connectivity index (χ3n) is 5.80. The number of ether oxygens (including phenoxy) is 1. The number of phenols is 1. The molecule has 0 radical (unpaired) electrons. The van der Waals surface area contributed by atoms with Crippen molar-refractivity contribution in [2.24, 2.45) is 5.92 Å². The molecule has 3 nitrogen and oxygen atoms in total. The first-order chi connectivity index (χ1) is 12.3. The summed E-state index contributed by atoms with van der Waals surface area (Å²) in [5.74, 6) is 1.95. The highest BCUT2D eigenvalue weighted by molar-refractivity contribution is 5.30. The zero-order valence-electron chi connectivity index (χ0n) is 14.7. The number of aromatic hydroxyl groups is 1. The van der Waals surface area contributed by atoms with E-state index in [2.05, 4.69) is 35.2 Å². The molecular formula is C22H27NO2. The van der Waals surface area contributed by atoms with Gasteiger partial charge in [-0.2, -0.15) is 0 Å². The van der Waals surface area contributed by atoms with Crippen LogP contribution in [-0.2, 0) is 6.42 Å². The fourth-order valence-corrected chi connectivity index (χ4v) is 4.68. The fraction of sp³-hybridized carbons (Fsp3) is 0.455. The molecule has 2 bridgehead atoms. The van der Waals surface area contributed by atoms with Gasteiger partial charge < -0.3 is 9.84 Å².